The van der Waals surface area contributed by atoms with E-state index in [1.165, 1.54) is 0 Å². The average molecular weight is 406 g/mol. The number of methoxy groups -OCH3 is 1. The molecule has 0 atom stereocenters. The number of nitrogens with two attached hydrogens (primary N) is 1. The molecule has 4 rings (SSSR count). The smallest absolute Gasteiger partial charge is 0.121 e. The Kier molecular flexibility index (Phi) is 6.12. The molecule has 0 unspecified atom stereocenters. The highest BCUT2D eigenvalue weighted by molar-refractivity contribution is 5.85. The van der Waals surface area contributed by atoms with E-state index in [0.29, 0.717) is 24.0 Å². The lowest BCUT2D eigenvalue weighted by molar-refractivity contribution is 0.199. The van der Waals surface area contributed by atoms with Crippen molar-refractivity contribution in [3.8, 4) is 11.8 Å². The second-order valence-corrected chi connectivity index (χ2v) is 7.68. The van der Waals surface area contributed by atoms with Crippen molar-refractivity contribution in [2.45, 2.75) is 31.8 Å². The van der Waals surface area contributed by atoms with Gasteiger partial charge < -0.3 is 25.7 Å². The summed E-state index contributed by atoms with van der Waals surface area (Å²) < 4.78 is 5.37. The maximum absolute atomic E-state index is 9.57. The molecule has 0 spiro atoms. The zero-order valence-corrected chi connectivity index (χ0v) is 17.2. The molecule has 3 heterocycles. The Balaban J connectivity index is 1.35. The zero-order valence-electron chi connectivity index (χ0n) is 17.2. The summed E-state index contributed by atoms with van der Waals surface area (Å²) in [6.45, 7) is 3.70. The molecule has 8 nitrogen and oxygen atoms in total. The standard InChI is InChI=1S/C22H27N7O/c1-30-17-2-3-20-19(10-17)18(15(11-23)12-26-20)6-9-29-7-4-16(5-8-29)25-14-22-27-13-21(24)28-22/h2-3,10,12-13,16,25H,4-9,14,24H2,1H3,(H,27,28). The van der Waals surface area contributed by atoms with Crippen LogP contribution in [0.3, 0.4) is 0 Å². The Hall–Kier alpha value is -3.15. The quantitative estimate of drug-likeness (QED) is 0.552. The summed E-state index contributed by atoms with van der Waals surface area (Å²) in [7, 11) is 1.65. The van der Waals surface area contributed by atoms with Crippen molar-refractivity contribution in [1.82, 2.24) is 25.2 Å². The fourth-order valence-corrected chi connectivity index (χ4v) is 4.06. The van der Waals surface area contributed by atoms with Crippen LogP contribution in [0.1, 0.15) is 29.8 Å². The van der Waals surface area contributed by atoms with Crippen LogP contribution in [0.5, 0.6) is 5.75 Å². The maximum atomic E-state index is 9.57. The number of imidazole rings is 1. The second kappa shape index (κ2) is 9.11. The fraction of sp³-hybridized carbons (Fsp3) is 0.409. The number of anilines is 1. The molecular weight excluding hydrogens is 378 g/mol. The number of H-pyrrole nitrogens is 1. The molecule has 1 aliphatic rings. The second-order valence-electron chi connectivity index (χ2n) is 7.68. The van der Waals surface area contributed by atoms with Gasteiger partial charge in [0.2, 0.25) is 0 Å². The number of benzene rings is 1. The van der Waals surface area contributed by atoms with Gasteiger partial charge in [-0.2, -0.15) is 5.26 Å². The lowest BCUT2D eigenvalue weighted by Gasteiger charge is -2.32. The summed E-state index contributed by atoms with van der Waals surface area (Å²) >= 11 is 0. The zero-order chi connectivity index (χ0) is 20.9. The summed E-state index contributed by atoms with van der Waals surface area (Å²) in [4.78, 5) is 14.2. The third-order valence-electron chi connectivity index (χ3n) is 5.78. The number of nitrogen functional groups attached to an aromatic ring is 1. The van der Waals surface area contributed by atoms with Crippen LogP contribution in [0.25, 0.3) is 10.9 Å². The number of aromatic amines is 1. The molecule has 1 saturated heterocycles. The minimum atomic E-state index is 0.480. The van der Waals surface area contributed by atoms with Crippen LogP contribution in [-0.2, 0) is 13.0 Å². The topological polar surface area (TPSA) is 116 Å². The van der Waals surface area contributed by atoms with Crippen LogP contribution in [0.4, 0.5) is 5.82 Å². The number of hydrogen-bond acceptors (Lipinski definition) is 7. The molecule has 1 fully saturated rings. The van der Waals surface area contributed by atoms with E-state index in [1.807, 2.05) is 18.2 Å². The van der Waals surface area contributed by atoms with Gasteiger partial charge in [0.05, 0.1) is 30.9 Å². The number of nitrogens with one attached hydrogen (secondary N) is 2. The third kappa shape index (κ3) is 4.53. The van der Waals surface area contributed by atoms with E-state index in [4.69, 9.17) is 10.5 Å². The number of ether oxygens (including phenoxy) is 1. The molecule has 8 heteroatoms. The van der Waals surface area contributed by atoms with E-state index in [1.54, 1.807) is 19.5 Å². The summed E-state index contributed by atoms with van der Waals surface area (Å²) in [6, 6.07) is 8.62. The van der Waals surface area contributed by atoms with Crippen LogP contribution in [-0.4, -0.2) is 52.6 Å². The average Bonchev–Trinajstić information content (AvgIpc) is 3.21. The van der Waals surface area contributed by atoms with Crippen LogP contribution in [0, 0.1) is 11.3 Å². The van der Waals surface area contributed by atoms with Gasteiger partial charge in [0.1, 0.15) is 23.5 Å². The van der Waals surface area contributed by atoms with Crippen LogP contribution >= 0.6 is 0 Å². The first-order valence-corrected chi connectivity index (χ1v) is 10.3. The maximum Gasteiger partial charge on any atom is 0.121 e. The fourth-order valence-electron chi connectivity index (χ4n) is 4.06. The molecule has 156 valence electrons. The van der Waals surface area contributed by atoms with Crippen molar-refractivity contribution in [2.24, 2.45) is 0 Å². The SMILES string of the molecule is COc1ccc2ncc(C#N)c(CCN3CCC(NCc4ncc(N)[nH]4)CC3)c2c1. The van der Waals surface area contributed by atoms with Crippen molar-refractivity contribution < 1.29 is 4.74 Å². The summed E-state index contributed by atoms with van der Waals surface area (Å²) in [5.74, 6) is 2.25. The lowest BCUT2D eigenvalue weighted by atomic mass is 9.99. The highest BCUT2D eigenvalue weighted by Gasteiger charge is 2.20. The van der Waals surface area contributed by atoms with E-state index in [0.717, 1.165) is 66.9 Å². The van der Waals surface area contributed by atoms with Gasteiger partial charge in [-0.15, -0.1) is 0 Å². The molecule has 30 heavy (non-hydrogen) atoms. The van der Waals surface area contributed by atoms with Crippen molar-refractivity contribution >= 4 is 16.7 Å². The van der Waals surface area contributed by atoms with E-state index < -0.39 is 0 Å². The Labute approximate surface area is 176 Å². The molecule has 0 saturated carbocycles. The van der Waals surface area contributed by atoms with Gasteiger partial charge in [-0.1, -0.05) is 0 Å². The summed E-state index contributed by atoms with van der Waals surface area (Å²) in [5, 5.41) is 14.1. The van der Waals surface area contributed by atoms with Crippen molar-refractivity contribution in [3.63, 3.8) is 0 Å². The number of nitrogens with zero attached hydrogens (tertiary/aromatic N) is 4. The van der Waals surface area contributed by atoms with Crippen LogP contribution in [0.15, 0.2) is 30.6 Å². The minimum Gasteiger partial charge on any atom is -0.497 e. The highest BCUT2D eigenvalue weighted by Crippen LogP contribution is 2.26. The number of hydrogen-bond donors (Lipinski definition) is 3. The molecule has 1 aliphatic heterocycles. The molecule has 0 bridgehead atoms. The van der Waals surface area contributed by atoms with Crippen LogP contribution in [0.2, 0.25) is 0 Å². The van der Waals surface area contributed by atoms with E-state index in [2.05, 4.69) is 31.2 Å². The predicted octanol–water partition coefficient (Wildman–Crippen LogP) is 2.22. The molecular formula is C22H27N7O. The summed E-state index contributed by atoms with van der Waals surface area (Å²) in [6.07, 6.45) is 6.33. The van der Waals surface area contributed by atoms with Gasteiger partial charge in [0, 0.05) is 24.2 Å². The van der Waals surface area contributed by atoms with Gasteiger partial charge in [-0.25, -0.2) is 4.98 Å². The van der Waals surface area contributed by atoms with Gasteiger partial charge in [0.25, 0.3) is 0 Å². The Morgan fingerprint density at radius 1 is 1.30 bits per heavy atom. The Bertz CT molecular complexity index is 1050. The molecule has 2 aromatic heterocycles. The number of piperidine rings is 1. The minimum absolute atomic E-state index is 0.480. The largest absolute Gasteiger partial charge is 0.497 e. The molecule has 1 aromatic carbocycles. The van der Waals surface area contributed by atoms with Crippen molar-refractivity contribution in [3.05, 3.63) is 47.5 Å². The molecule has 4 N–H and O–H groups in total. The number of fused-ring (bicyclic) bond motifs is 1. The molecule has 0 amide bonds. The van der Waals surface area contributed by atoms with E-state index >= 15 is 0 Å². The summed E-state index contributed by atoms with van der Waals surface area (Å²) in [5.41, 5.74) is 8.27. The first-order valence-electron chi connectivity index (χ1n) is 10.3. The van der Waals surface area contributed by atoms with Gasteiger partial charge >= 0.3 is 0 Å². The molecule has 0 aliphatic carbocycles. The highest BCUT2D eigenvalue weighted by atomic mass is 16.5. The van der Waals surface area contributed by atoms with E-state index in [9.17, 15) is 5.26 Å². The molecule has 0 radical (unpaired) electrons. The first-order chi connectivity index (χ1) is 14.7. The van der Waals surface area contributed by atoms with E-state index in [-0.39, 0.29) is 0 Å². The first kappa shape index (κ1) is 20.1. The number of likely N-dealkylation sites (tertiary alicyclic amines) is 1. The van der Waals surface area contributed by atoms with Crippen LogP contribution < -0.4 is 15.8 Å². The van der Waals surface area contributed by atoms with Gasteiger partial charge in [-0.05, 0) is 56.1 Å². The predicted molar refractivity (Wildman–Crippen MR) is 116 cm³/mol. The Morgan fingerprint density at radius 2 is 2.13 bits per heavy atom. The van der Waals surface area contributed by atoms with Crippen molar-refractivity contribution in [2.75, 3.05) is 32.5 Å². The monoisotopic (exact) mass is 405 g/mol. The number of rotatable bonds is 7. The van der Waals surface area contributed by atoms with Gasteiger partial charge in [-0.3, -0.25) is 4.98 Å². The number of aromatic nitrogens is 3. The normalized spacial score (nSPS) is 15.3. The third-order valence-corrected chi connectivity index (χ3v) is 5.78. The Morgan fingerprint density at radius 3 is 2.83 bits per heavy atom. The lowest BCUT2D eigenvalue weighted by Crippen LogP contribution is -2.43. The van der Waals surface area contributed by atoms with Gasteiger partial charge in [0.15, 0.2) is 0 Å². The number of nitriles is 1. The van der Waals surface area contributed by atoms with Crippen molar-refractivity contribution in [1.29, 1.82) is 5.26 Å². The molecule has 3 aromatic rings. The number of pyridine rings is 1.